The molecule has 2 atom stereocenters. The van der Waals surface area contributed by atoms with Gasteiger partial charge in [-0.2, -0.15) is 0 Å². The smallest absolute Gasteiger partial charge is 0.269 e. The molecule has 1 fully saturated rings. The first-order valence-electron chi connectivity index (χ1n) is 7.21. The Labute approximate surface area is 131 Å². The van der Waals surface area contributed by atoms with Gasteiger partial charge in [-0.15, -0.1) is 0 Å². The quantitative estimate of drug-likeness (QED) is 0.661. The molecule has 23 heavy (non-hydrogen) atoms. The highest BCUT2D eigenvalue weighted by atomic mass is 19.1. The van der Waals surface area contributed by atoms with E-state index in [2.05, 4.69) is 10.5 Å². The summed E-state index contributed by atoms with van der Waals surface area (Å²) in [6.07, 6.45) is 0.439. The van der Waals surface area contributed by atoms with Gasteiger partial charge in [-0.25, -0.2) is 4.39 Å². The van der Waals surface area contributed by atoms with Gasteiger partial charge in [0.25, 0.3) is 5.91 Å². The van der Waals surface area contributed by atoms with Crippen molar-refractivity contribution in [3.05, 3.63) is 59.9 Å². The average Bonchev–Trinajstić information content (AvgIpc) is 3.30. The van der Waals surface area contributed by atoms with Crippen LogP contribution in [0.4, 0.5) is 10.1 Å². The normalized spacial score (nSPS) is 26.0. The Bertz CT molecular complexity index is 819. The predicted molar refractivity (Wildman–Crippen MR) is 81.3 cm³/mol. The van der Waals surface area contributed by atoms with Crippen molar-refractivity contribution in [1.82, 2.24) is 0 Å². The summed E-state index contributed by atoms with van der Waals surface area (Å²) in [5.41, 5.74) is 0.579. The molecule has 1 saturated carbocycles. The number of rotatable bonds is 2. The monoisotopic (exact) mass is 312 g/mol. The lowest BCUT2D eigenvalue weighted by Gasteiger charge is -2.25. The van der Waals surface area contributed by atoms with Gasteiger partial charge < -0.3 is 15.3 Å². The lowest BCUT2D eigenvalue weighted by molar-refractivity contribution is -0.125. The van der Waals surface area contributed by atoms with Crippen molar-refractivity contribution >= 4 is 17.3 Å². The maximum atomic E-state index is 12.9. The summed E-state index contributed by atoms with van der Waals surface area (Å²) >= 11 is 0. The molecular weight excluding hydrogens is 299 g/mol. The molecule has 2 aliphatic rings. The fourth-order valence-corrected chi connectivity index (χ4v) is 3.02. The van der Waals surface area contributed by atoms with Crippen molar-refractivity contribution in [2.45, 2.75) is 12.0 Å². The van der Waals surface area contributed by atoms with Crippen molar-refractivity contribution in [3.8, 4) is 5.75 Å². The lowest BCUT2D eigenvalue weighted by atomic mass is 9.99. The van der Waals surface area contributed by atoms with Crippen molar-refractivity contribution in [2.24, 2.45) is 11.1 Å². The fourth-order valence-electron chi connectivity index (χ4n) is 3.02. The van der Waals surface area contributed by atoms with E-state index in [0.29, 0.717) is 29.1 Å². The summed E-state index contributed by atoms with van der Waals surface area (Å²) in [5.74, 6) is -0.473. The molecule has 2 aromatic carbocycles. The number of oxime groups is 1. The maximum absolute atomic E-state index is 12.9. The van der Waals surface area contributed by atoms with E-state index >= 15 is 0 Å². The minimum atomic E-state index is -1.07. The number of hydrogen-bond donors (Lipinski definition) is 2. The van der Waals surface area contributed by atoms with Gasteiger partial charge in [0, 0.05) is 17.7 Å². The maximum Gasteiger partial charge on any atom is 0.269 e. The molecule has 0 saturated heterocycles. The third kappa shape index (κ3) is 2.06. The first-order valence-corrected chi connectivity index (χ1v) is 7.21. The van der Waals surface area contributed by atoms with E-state index < -0.39 is 5.60 Å². The number of carbonyl (C=O) groups is 1. The molecule has 2 N–H and O–H groups in total. The van der Waals surface area contributed by atoms with E-state index in [-0.39, 0.29) is 17.6 Å². The minimum Gasteiger partial charge on any atom is -0.476 e. The molecule has 116 valence electrons. The molecule has 4 rings (SSSR count). The number of nitrogens with one attached hydrogen (secondary N) is 1. The van der Waals surface area contributed by atoms with Crippen LogP contribution in [-0.2, 0) is 4.79 Å². The van der Waals surface area contributed by atoms with E-state index in [1.165, 1.54) is 24.3 Å². The Kier molecular flexibility index (Phi) is 2.87. The highest BCUT2D eigenvalue weighted by Gasteiger charge is 2.68. The molecule has 2 unspecified atom stereocenters. The number of ether oxygens (including phenoxy) is 1. The Morgan fingerprint density at radius 1 is 1.26 bits per heavy atom. The van der Waals surface area contributed by atoms with Gasteiger partial charge in [-0.3, -0.25) is 4.79 Å². The van der Waals surface area contributed by atoms with Crippen LogP contribution in [0, 0.1) is 11.7 Å². The topological polar surface area (TPSA) is 70.9 Å². The van der Waals surface area contributed by atoms with Crippen LogP contribution in [0.25, 0.3) is 0 Å². The zero-order chi connectivity index (χ0) is 16.0. The van der Waals surface area contributed by atoms with Crippen LogP contribution in [0.3, 0.4) is 0 Å². The molecular formula is C17H13FN2O3. The van der Waals surface area contributed by atoms with Gasteiger partial charge in [0.1, 0.15) is 11.6 Å². The Balaban J connectivity index is 1.63. The summed E-state index contributed by atoms with van der Waals surface area (Å²) < 4.78 is 18.8. The molecule has 0 aromatic heterocycles. The fraction of sp³-hybridized carbons (Fsp3) is 0.176. The largest absolute Gasteiger partial charge is 0.476 e. The van der Waals surface area contributed by atoms with E-state index in [1.807, 2.05) is 6.07 Å². The van der Waals surface area contributed by atoms with Crippen LogP contribution >= 0.6 is 0 Å². The molecule has 0 radical (unpaired) electrons. The molecule has 6 heteroatoms. The highest BCUT2D eigenvalue weighted by Crippen LogP contribution is 2.54. The van der Waals surface area contributed by atoms with Gasteiger partial charge in [-0.1, -0.05) is 17.3 Å². The van der Waals surface area contributed by atoms with Crippen molar-refractivity contribution in [3.63, 3.8) is 0 Å². The van der Waals surface area contributed by atoms with Gasteiger partial charge in [0.15, 0.2) is 5.60 Å². The second-order valence-corrected chi connectivity index (χ2v) is 5.69. The van der Waals surface area contributed by atoms with Crippen LogP contribution in [0.1, 0.15) is 12.0 Å². The van der Waals surface area contributed by atoms with E-state index in [1.54, 1.807) is 18.2 Å². The summed E-state index contributed by atoms with van der Waals surface area (Å²) in [6.45, 7) is 0. The molecule has 1 aliphatic heterocycles. The Morgan fingerprint density at radius 2 is 2.00 bits per heavy atom. The molecule has 0 bridgehead atoms. The highest BCUT2D eigenvalue weighted by molar-refractivity contribution is 6.15. The van der Waals surface area contributed by atoms with Crippen molar-refractivity contribution in [2.75, 3.05) is 5.32 Å². The van der Waals surface area contributed by atoms with Crippen LogP contribution < -0.4 is 10.1 Å². The Hall–Kier alpha value is -2.89. The first-order chi connectivity index (χ1) is 11.1. The first kappa shape index (κ1) is 13.8. The number of nitrogens with zero attached hydrogens (tertiary/aromatic N) is 1. The number of anilines is 1. The van der Waals surface area contributed by atoms with Crippen LogP contribution in [0.2, 0.25) is 0 Å². The summed E-state index contributed by atoms with van der Waals surface area (Å²) in [6, 6.07) is 12.7. The van der Waals surface area contributed by atoms with Crippen molar-refractivity contribution in [1.29, 1.82) is 0 Å². The second-order valence-electron chi connectivity index (χ2n) is 5.69. The number of carbonyl (C=O) groups excluding carboxylic acids is 1. The SMILES string of the molecule is O=C(Nc1ccc(F)cc1)C12CC1/C(=N\O)c1ccccc1O2. The lowest BCUT2D eigenvalue weighted by Crippen LogP contribution is -2.41. The molecule has 1 amide bonds. The van der Waals surface area contributed by atoms with E-state index in [9.17, 15) is 14.4 Å². The Morgan fingerprint density at radius 3 is 2.74 bits per heavy atom. The van der Waals surface area contributed by atoms with Gasteiger partial charge in [0.05, 0.1) is 11.6 Å². The molecule has 1 aliphatic carbocycles. The van der Waals surface area contributed by atoms with Gasteiger partial charge >= 0.3 is 0 Å². The number of hydrogen-bond acceptors (Lipinski definition) is 4. The van der Waals surface area contributed by atoms with Crippen LogP contribution in [0.5, 0.6) is 5.75 Å². The number of fused-ring (bicyclic) bond motifs is 2. The van der Waals surface area contributed by atoms with Gasteiger partial charge in [0.2, 0.25) is 0 Å². The average molecular weight is 312 g/mol. The van der Waals surface area contributed by atoms with Crippen LogP contribution in [-0.4, -0.2) is 22.4 Å². The number of halogens is 1. The standard InChI is InChI=1S/C17H13FN2O3/c18-10-5-7-11(8-6-10)19-16(21)17-9-13(17)15(20-22)12-3-1-2-4-14(12)23-17/h1-8,13,22H,9H2,(H,19,21)/b20-15-. The summed E-state index contributed by atoms with van der Waals surface area (Å²) in [4.78, 5) is 12.6. The number of para-hydroxylation sites is 1. The minimum absolute atomic E-state index is 0.289. The number of amides is 1. The van der Waals surface area contributed by atoms with E-state index in [4.69, 9.17) is 4.74 Å². The number of benzene rings is 2. The van der Waals surface area contributed by atoms with E-state index in [0.717, 1.165) is 0 Å². The molecule has 2 aromatic rings. The zero-order valence-corrected chi connectivity index (χ0v) is 12.0. The van der Waals surface area contributed by atoms with Crippen molar-refractivity contribution < 1.29 is 19.1 Å². The molecule has 1 heterocycles. The molecule has 5 nitrogen and oxygen atoms in total. The zero-order valence-electron chi connectivity index (χ0n) is 12.0. The predicted octanol–water partition coefficient (Wildman–Crippen LogP) is 2.79. The third-order valence-corrected chi connectivity index (χ3v) is 4.29. The van der Waals surface area contributed by atoms with Crippen LogP contribution in [0.15, 0.2) is 53.7 Å². The third-order valence-electron chi connectivity index (χ3n) is 4.29. The summed E-state index contributed by atoms with van der Waals surface area (Å²) in [7, 11) is 0. The summed E-state index contributed by atoms with van der Waals surface area (Å²) in [5, 5.41) is 15.4. The molecule has 0 spiro atoms. The second kappa shape index (κ2) is 4.81. The van der Waals surface area contributed by atoms with Gasteiger partial charge in [-0.05, 0) is 36.4 Å².